The molecular formula is C24H12N2O4. The Labute approximate surface area is 169 Å². The van der Waals surface area contributed by atoms with E-state index in [0.29, 0.717) is 28.2 Å². The van der Waals surface area contributed by atoms with Crippen LogP contribution in [0.4, 0.5) is 0 Å². The first-order chi connectivity index (χ1) is 14.7. The fraction of sp³-hybridized carbons (Fsp3) is 0. The summed E-state index contributed by atoms with van der Waals surface area (Å²) in [5, 5.41) is 1.82. The van der Waals surface area contributed by atoms with Gasteiger partial charge in [0.05, 0.1) is 5.57 Å². The van der Waals surface area contributed by atoms with Crippen LogP contribution in [0.3, 0.4) is 0 Å². The van der Waals surface area contributed by atoms with Crippen molar-refractivity contribution >= 4 is 39.7 Å². The van der Waals surface area contributed by atoms with Gasteiger partial charge >= 0.3 is 0 Å². The Hall–Kier alpha value is -4.32. The zero-order valence-electron chi connectivity index (χ0n) is 15.5. The molecule has 0 N–H and O–H groups in total. The number of oxazole rings is 1. The van der Waals surface area contributed by atoms with Crippen molar-refractivity contribution in [2.24, 2.45) is 0 Å². The van der Waals surface area contributed by atoms with Crippen molar-refractivity contribution in [1.82, 2.24) is 9.97 Å². The van der Waals surface area contributed by atoms with Gasteiger partial charge in [0.1, 0.15) is 5.76 Å². The molecule has 0 saturated carbocycles. The second kappa shape index (κ2) is 6.09. The molecule has 0 spiro atoms. The number of carbonyl (C=O) groups is 2. The van der Waals surface area contributed by atoms with E-state index in [9.17, 15) is 9.59 Å². The lowest BCUT2D eigenvalue weighted by Crippen LogP contribution is -2.00. The number of fused-ring (bicyclic) bond motifs is 3. The minimum atomic E-state index is -0.327. The molecule has 0 saturated heterocycles. The molecule has 0 bridgehead atoms. The van der Waals surface area contributed by atoms with Crippen LogP contribution in [0.5, 0.6) is 0 Å². The number of aromatic nitrogens is 2. The Morgan fingerprint density at radius 1 is 0.833 bits per heavy atom. The van der Waals surface area contributed by atoms with Crippen LogP contribution in [-0.2, 0) is 0 Å². The minimum absolute atomic E-state index is 0.0386. The molecule has 30 heavy (non-hydrogen) atoms. The largest absolute Gasteiger partial charge is 0.435 e. The van der Waals surface area contributed by atoms with Crippen molar-refractivity contribution in [1.29, 1.82) is 0 Å². The molecular weight excluding hydrogens is 380 g/mol. The third-order valence-electron chi connectivity index (χ3n) is 5.18. The van der Waals surface area contributed by atoms with Crippen LogP contribution in [0.2, 0.25) is 0 Å². The summed E-state index contributed by atoms with van der Waals surface area (Å²) in [4.78, 5) is 34.1. The molecule has 2 aromatic carbocycles. The number of furan rings is 1. The minimum Gasteiger partial charge on any atom is -0.435 e. The Bertz CT molecular complexity index is 1440. The lowest BCUT2D eigenvalue weighted by Gasteiger charge is -2.00. The van der Waals surface area contributed by atoms with Crippen LogP contribution in [-0.4, -0.2) is 21.5 Å². The van der Waals surface area contributed by atoms with E-state index in [1.807, 2.05) is 30.3 Å². The Morgan fingerprint density at radius 2 is 1.57 bits per heavy atom. The molecule has 0 fully saturated rings. The van der Waals surface area contributed by atoms with Crippen LogP contribution >= 0.6 is 0 Å². The highest BCUT2D eigenvalue weighted by molar-refractivity contribution is 6.41. The average molecular weight is 392 g/mol. The zero-order valence-corrected chi connectivity index (χ0v) is 15.5. The standard InChI is InChI=1S/C24H12N2O4/c27-22-16-8-13-4-1-2-5-14(13)9-17(16)23(28)18(22)10-21-26-24-20(29-21)11-19(30-24)15-6-3-7-25-12-15/h1-12H. The molecule has 0 amide bonds. The molecule has 5 aromatic rings. The second-order valence-electron chi connectivity index (χ2n) is 7.04. The number of carbonyl (C=O) groups excluding carboxylic acids is 2. The third kappa shape index (κ3) is 2.44. The van der Waals surface area contributed by atoms with E-state index in [1.54, 1.807) is 36.7 Å². The lowest BCUT2D eigenvalue weighted by molar-refractivity contribution is 0.0990. The van der Waals surface area contributed by atoms with Crippen LogP contribution < -0.4 is 0 Å². The van der Waals surface area contributed by atoms with E-state index >= 15 is 0 Å². The van der Waals surface area contributed by atoms with E-state index in [1.165, 1.54) is 6.08 Å². The molecule has 3 aromatic heterocycles. The van der Waals surface area contributed by atoms with Gasteiger partial charge in [0, 0.05) is 41.2 Å². The molecule has 1 aliphatic rings. The maximum Gasteiger partial charge on any atom is 0.266 e. The highest BCUT2D eigenvalue weighted by Gasteiger charge is 2.34. The van der Waals surface area contributed by atoms with Crippen molar-refractivity contribution in [3.63, 3.8) is 0 Å². The summed E-state index contributed by atoms with van der Waals surface area (Å²) in [6.07, 6.45) is 4.74. The Balaban J connectivity index is 1.39. The maximum atomic E-state index is 12.9. The predicted molar refractivity (Wildman–Crippen MR) is 110 cm³/mol. The quantitative estimate of drug-likeness (QED) is 0.307. The summed E-state index contributed by atoms with van der Waals surface area (Å²) < 4.78 is 11.4. The van der Waals surface area contributed by atoms with Gasteiger partial charge in [-0.3, -0.25) is 14.6 Å². The smallest absolute Gasteiger partial charge is 0.266 e. The summed E-state index contributed by atoms with van der Waals surface area (Å²) in [5.41, 5.74) is 2.37. The van der Waals surface area contributed by atoms with Crippen LogP contribution in [0, 0.1) is 0 Å². The van der Waals surface area contributed by atoms with E-state index in [0.717, 1.165) is 16.3 Å². The van der Waals surface area contributed by atoms with Gasteiger partial charge in [0.2, 0.25) is 5.89 Å². The summed E-state index contributed by atoms with van der Waals surface area (Å²) in [5.74, 6) is 0.0736. The van der Waals surface area contributed by atoms with Crippen molar-refractivity contribution < 1.29 is 18.4 Å². The molecule has 0 aliphatic heterocycles. The number of Topliss-reactive ketones (excluding diaryl/α,β-unsaturated/α-hetero) is 2. The van der Waals surface area contributed by atoms with E-state index in [-0.39, 0.29) is 23.0 Å². The van der Waals surface area contributed by atoms with Gasteiger partial charge in [-0.05, 0) is 35.0 Å². The number of rotatable bonds is 2. The molecule has 1 aliphatic carbocycles. The molecule has 0 radical (unpaired) electrons. The highest BCUT2D eigenvalue weighted by atomic mass is 16.4. The first-order valence-corrected chi connectivity index (χ1v) is 9.32. The average Bonchev–Trinajstić information content (AvgIpc) is 3.41. The lowest BCUT2D eigenvalue weighted by atomic mass is 10.0. The Kier molecular flexibility index (Phi) is 3.37. The van der Waals surface area contributed by atoms with Gasteiger partial charge in [-0.1, -0.05) is 24.3 Å². The fourth-order valence-corrected chi connectivity index (χ4v) is 3.73. The van der Waals surface area contributed by atoms with Gasteiger partial charge in [0.15, 0.2) is 17.1 Å². The number of hydrogen-bond acceptors (Lipinski definition) is 6. The fourth-order valence-electron chi connectivity index (χ4n) is 3.73. The summed E-state index contributed by atoms with van der Waals surface area (Å²) >= 11 is 0. The molecule has 6 rings (SSSR count). The van der Waals surface area contributed by atoms with Crippen molar-refractivity contribution in [2.75, 3.05) is 0 Å². The molecule has 6 heteroatoms. The van der Waals surface area contributed by atoms with E-state index < -0.39 is 0 Å². The molecule has 3 heterocycles. The SMILES string of the molecule is O=C1C(=Cc2nc3oc(-c4cccnc4)cc3o2)C(=O)c2cc3ccccc3cc21. The number of hydrogen-bond donors (Lipinski definition) is 0. The van der Waals surface area contributed by atoms with Gasteiger partial charge < -0.3 is 8.83 Å². The zero-order chi connectivity index (χ0) is 20.2. The van der Waals surface area contributed by atoms with Crippen molar-refractivity contribution in [2.45, 2.75) is 0 Å². The molecule has 0 unspecified atom stereocenters. The van der Waals surface area contributed by atoms with Gasteiger partial charge in [-0.15, -0.1) is 0 Å². The number of nitrogens with zero attached hydrogens (tertiary/aromatic N) is 2. The number of pyridine rings is 1. The number of allylic oxidation sites excluding steroid dienone is 1. The van der Waals surface area contributed by atoms with Crippen LogP contribution in [0.25, 0.3) is 39.5 Å². The topological polar surface area (TPSA) is 86.2 Å². The summed E-state index contributed by atoms with van der Waals surface area (Å²) in [6.45, 7) is 0. The number of benzene rings is 2. The van der Waals surface area contributed by atoms with Gasteiger partial charge in [-0.25, -0.2) is 0 Å². The summed E-state index contributed by atoms with van der Waals surface area (Å²) in [6, 6.07) is 16.5. The second-order valence-corrected chi connectivity index (χ2v) is 7.04. The molecule has 142 valence electrons. The monoisotopic (exact) mass is 392 g/mol. The van der Waals surface area contributed by atoms with E-state index in [4.69, 9.17) is 8.83 Å². The van der Waals surface area contributed by atoms with Crippen LogP contribution in [0.15, 0.2) is 81.4 Å². The molecule has 6 nitrogen and oxygen atoms in total. The highest BCUT2D eigenvalue weighted by Crippen LogP contribution is 2.33. The Morgan fingerprint density at radius 3 is 2.20 bits per heavy atom. The van der Waals surface area contributed by atoms with Crippen molar-refractivity contribution in [3.05, 3.63) is 89.6 Å². The molecule has 0 atom stereocenters. The normalized spacial score (nSPS) is 13.4. The first kappa shape index (κ1) is 16.6. The third-order valence-corrected chi connectivity index (χ3v) is 5.18. The van der Waals surface area contributed by atoms with E-state index in [2.05, 4.69) is 9.97 Å². The number of ketones is 2. The van der Waals surface area contributed by atoms with Crippen LogP contribution in [0.1, 0.15) is 26.6 Å². The van der Waals surface area contributed by atoms with Gasteiger partial charge in [-0.2, -0.15) is 4.98 Å². The van der Waals surface area contributed by atoms with Gasteiger partial charge in [0.25, 0.3) is 5.71 Å². The summed E-state index contributed by atoms with van der Waals surface area (Å²) in [7, 11) is 0. The van der Waals surface area contributed by atoms with Crippen molar-refractivity contribution in [3.8, 4) is 11.3 Å². The maximum absolute atomic E-state index is 12.9. The first-order valence-electron chi connectivity index (χ1n) is 9.32. The predicted octanol–water partition coefficient (Wildman–Crippen LogP) is 5.10.